The zero-order valence-electron chi connectivity index (χ0n) is 15.8. The predicted octanol–water partition coefficient (Wildman–Crippen LogP) is 4.21. The van der Waals surface area contributed by atoms with Gasteiger partial charge in [-0.3, -0.25) is 9.59 Å². The molecule has 0 atom stereocenters. The highest BCUT2D eigenvalue weighted by Gasteiger charge is 2.15. The number of amides is 1. The number of carbonyl (C=O) groups excluding carboxylic acids is 2. The van der Waals surface area contributed by atoms with Crippen molar-refractivity contribution in [2.45, 2.75) is 19.8 Å². The Labute approximate surface area is 155 Å². The molecule has 136 valence electrons. The maximum absolute atomic E-state index is 12.7. The first-order valence-electron chi connectivity index (χ1n) is 8.67. The minimum atomic E-state index is -0.211. The van der Waals surface area contributed by atoms with Gasteiger partial charge in [0.1, 0.15) is 0 Å². The van der Waals surface area contributed by atoms with E-state index >= 15 is 0 Å². The van der Waals surface area contributed by atoms with Crippen LogP contribution < -0.4 is 0 Å². The summed E-state index contributed by atoms with van der Waals surface area (Å²) in [4.78, 5) is 26.2. The number of carbonyl (C=O) groups is 2. The predicted molar refractivity (Wildman–Crippen MR) is 104 cm³/mol. The second-order valence-electron chi connectivity index (χ2n) is 6.31. The summed E-state index contributed by atoms with van der Waals surface area (Å²) in [5.41, 5.74) is 3.19. The number of benzene rings is 2. The number of hydrogen-bond donors (Lipinski definition) is 0. The fourth-order valence-corrected chi connectivity index (χ4v) is 2.66. The lowest BCUT2D eigenvalue weighted by Crippen LogP contribution is -2.21. The second-order valence-corrected chi connectivity index (χ2v) is 6.31. The molecule has 2 aromatic carbocycles. The number of hydrogen-bond acceptors (Lipinski definition) is 3. The molecule has 0 saturated heterocycles. The van der Waals surface area contributed by atoms with Crippen molar-refractivity contribution in [3.05, 3.63) is 76.5 Å². The standard InChI is InChI=1S/C22H25NO3/c1-5-7-16-8-6-9-17(14-16)15-20(26-4)21(24)18-10-12-19(13-11-18)22(25)23(2)3/h6,8-15H,5,7H2,1-4H3. The Bertz CT molecular complexity index is 804. The summed E-state index contributed by atoms with van der Waals surface area (Å²) in [6.45, 7) is 2.14. The Hall–Kier alpha value is -2.88. The highest BCUT2D eigenvalue weighted by Crippen LogP contribution is 2.16. The number of ether oxygens (including phenoxy) is 1. The van der Waals surface area contributed by atoms with E-state index in [1.807, 2.05) is 12.1 Å². The third-order valence-electron chi connectivity index (χ3n) is 4.03. The number of aryl methyl sites for hydroxylation is 1. The normalized spacial score (nSPS) is 11.2. The van der Waals surface area contributed by atoms with Crippen LogP contribution >= 0.6 is 0 Å². The number of Topliss-reactive ketones (excluding diaryl/α,β-unsaturated/α-hetero) is 1. The van der Waals surface area contributed by atoms with Gasteiger partial charge in [0.05, 0.1) is 7.11 Å². The van der Waals surface area contributed by atoms with Gasteiger partial charge in [0.2, 0.25) is 5.78 Å². The van der Waals surface area contributed by atoms with Gasteiger partial charge >= 0.3 is 0 Å². The van der Waals surface area contributed by atoms with Gasteiger partial charge in [-0.2, -0.15) is 0 Å². The molecule has 4 heteroatoms. The Morgan fingerprint density at radius 1 is 1.04 bits per heavy atom. The quantitative estimate of drug-likeness (QED) is 0.426. The lowest BCUT2D eigenvalue weighted by molar-refractivity contribution is 0.0826. The Morgan fingerprint density at radius 3 is 2.27 bits per heavy atom. The van der Waals surface area contributed by atoms with E-state index < -0.39 is 0 Å². The van der Waals surface area contributed by atoms with E-state index in [0.29, 0.717) is 11.1 Å². The van der Waals surface area contributed by atoms with Gasteiger partial charge in [0.25, 0.3) is 5.91 Å². The topological polar surface area (TPSA) is 46.6 Å². The molecular weight excluding hydrogens is 326 g/mol. The van der Waals surface area contributed by atoms with E-state index in [9.17, 15) is 9.59 Å². The average molecular weight is 351 g/mol. The first-order valence-corrected chi connectivity index (χ1v) is 8.67. The molecule has 2 aromatic rings. The van der Waals surface area contributed by atoms with Crippen molar-refractivity contribution in [1.82, 2.24) is 4.90 Å². The molecular formula is C22H25NO3. The average Bonchev–Trinajstić information content (AvgIpc) is 2.65. The molecule has 0 aliphatic heterocycles. The Morgan fingerprint density at radius 2 is 1.69 bits per heavy atom. The smallest absolute Gasteiger partial charge is 0.253 e. The summed E-state index contributed by atoms with van der Waals surface area (Å²) in [6.07, 6.45) is 3.82. The fourth-order valence-electron chi connectivity index (χ4n) is 2.66. The summed E-state index contributed by atoms with van der Waals surface area (Å²) < 4.78 is 5.32. The zero-order chi connectivity index (χ0) is 19.1. The van der Waals surface area contributed by atoms with Gasteiger partial charge in [-0.15, -0.1) is 0 Å². The number of methoxy groups -OCH3 is 1. The van der Waals surface area contributed by atoms with Crippen LogP contribution in [0.15, 0.2) is 54.3 Å². The number of rotatable bonds is 7. The van der Waals surface area contributed by atoms with Crippen molar-refractivity contribution in [3.8, 4) is 0 Å². The van der Waals surface area contributed by atoms with Crippen LogP contribution in [0.4, 0.5) is 0 Å². The maximum atomic E-state index is 12.7. The van der Waals surface area contributed by atoms with Crippen LogP contribution in [0.25, 0.3) is 6.08 Å². The zero-order valence-corrected chi connectivity index (χ0v) is 15.8. The van der Waals surface area contributed by atoms with Crippen molar-refractivity contribution in [3.63, 3.8) is 0 Å². The van der Waals surface area contributed by atoms with Crippen molar-refractivity contribution >= 4 is 17.8 Å². The van der Waals surface area contributed by atoms with Crippen LogP contribution in [0, 0.1) is 0 Å². The summed E-state index contributed by atoms with van der Waals surface area (Å²) in [6, 6.07) is 14.7. The number of ketones is 1. The SMILES string of the molecule is CCCc1cccc(C=C(OC)C(=O)c2ccc(C(=O)N(C)C)cc2)c1. The van der Waals surface area contributed by atoms with Crippen LogP contribution in [0.2, 0.25) is 0 Å². The molecule has 0 aromatic heterocycles. The molecule has 0 heterocycles. The fraction of sp³-hybridized carbons (Fsp3) is 0.273. The monoisotopic (exact) mass is 351 g/mol. The van der Waals surface area contributed by atoms with Gasteiger partial charge in [0, 0.05) is 25.2 Å². The Kier molecular flexibility index (Phi) is 6.73. The molecule has 2 rings (SSSR count). The molecule has 0 unspecified atom stereocenters. The van der Waals surface area contributed by atoms with Crippen molar-refractivity contribution in [1.29, 1.82) is 0 Å². The van der Waals surface area contributed by atoms with Gasteiger partial charge in [-0.1, -0.05) is 49.7 Å². The van der Waals surface area contributed by atoms with E-state index in [-0.39, 0.29) is 17.4 Å². The largest absolute Gasteiger partial charge is 0.493 e. The Balaban J connectivity index is 2.25. The molecule has 26 heavy (non-hydrogen) atoms. The molecule has 1 amide bonds. The second kappa shape index (κ2) is 8.99. The van der Waals surface area contributed by atoms with E-state index in [4.69, 9.17) is 4.74 Å². The minimum Gasteiger partial charge on any atom is -0.493 e. The molecule has 0 radical (unpaired) electrons. The molecule has 0 aliphatic carbocycles. The third-order valence-corrected chi connectivity index (χ3v) is 4.03. The van der Waals surface area contributed by atoms with Crippen molar-refractivity contribution in [2.75, 3.05) is 21.2 Å². The lowest BCUT2D eigenvalue weighted by Gasteiger charge is -2.11. The lowest BCUT2D eigenvalue weighted by atomic mass is 10.0. The molecule has 0 aliphatic rings. The van der Waals surface area contributed by atoms with E-state index in [0.717, 1.165) is 18.4 Å². The number of nitrogens with zero attached hydrogens (tertiary/aromatic N) is 1. The first kappa shape index (κ1) is 19.4. The first-order chi connectivity index (χ1) is 12.5. The van der Waals surface area contributed by atoms with Gasteiger partial charge in [-0.05, 0) is 35.8 Å². The molecule has 0 fully saturated rings. The van der Waals surface area contributed by atoms with Crippen LogP contribution in [-0.2, 0) is 11.2 Å². The molecule has 0 spiro atoms. The number of allylic oxidation sites excluding steroid dienone is 1. The highest BCUT2D eigenvalue weighted by atomic mass is 16.5. The molecule has 0 saturated carbocycles. The van der Waals surface area contributed by atoms with E-state index in [2.05, 4.69) is 19.1 Å². The third kappa shape index (κ3) is 4.82. The van der Waals surface area contributed by atoms with Gasteiger partial charge in [0.15, 0.2) is 5.76 Å². The van der Waals surface area contributed by atoms with Gasteiger partial charge < -0.3 is 9.64 Å². The van der Waals surface area contributed by atoms with E-state index in [1.165, 1.54) is 17.6 Å². The maximum Gasteiger partial charge on any atom is 0.253 e. The van der Waals surface area contributed by atoms with Crippen LogP contribution in [0.3, 0.4) is 0 Å². The summed E-state index contributed by atoms with van der Waals surface area (Å²) in [5.74, 6) is -0.0400. The summed E-state index contributed by atoms with van der Waals surface area (Å²) in [5, 5.41) is 0. The van der Waals surface area contributed by atoms with Crippen molar-refractivity contribution in [2.24, 2.45) is 0 Å². The van der Waals surface area contributed by atoms with Crippen LogP contribution in [0.5, 0.6) is 0 Å². The highest BCUT2D eigenvalue weighted by molar-refractivity contribution is 6.10. The van der Waals surface area contributed by atoms with Crippen LogP contribution in [-0.4, -0.2) is 37.8 Å². The van der Waals surface area contributed by atoms with Crippen molar-refractivity contribution < 1.29 is 14.3 Å². The van der Waals surface area contributed by atoms with E-state index in [1.54, 1.807) is 44.4 Å². The molecule has 0 bridgehead atoms. The minimum absolute atomic E-state index is 0.0979. The molecule has 0 N–H and O–H groups in total. The summed E-state index contributed by atoms with van der Waals surface area (Å²) >= 11 is 0. The molecule has 4 nitrogen and oxygen atoms in total. The van der Waals surface area contributed by atoms with Crippen LogP contribution in [0.1, 0.15) is 45.2 Å². The van der Waals surface area contributed by atoms with Gasteiger partial charge in [-0.25, -0.2) is 0 Å². The summed E-state index contributed by atoms with van der Waals surface area (Å²) in [7, 11) is 4.88.